The number of nitrogens with one attached hydrogen (secondary N) is 2. The predicted octanol–water partition coefficient (Wildman–Crippen LogP) is 4.04. The van der Waals surface area contributed by atoms with Crippen LogP contribution in [0, 0.1) is 6.92 Å². The molecule has 0 atom stereocenters. The molecule has 0 saturated carbocycles. The molecule has 0 spiro atoms. The topological polar surface area (TPSA) is 87.7 Å². The maximum atomic E-state index is 12.6. The van der Waals surface area contributed by atoms with E-state index in [4.69, 9.17) is 4.74 Å². The van der Waals surface area contributed by atoms with Crippen LogP contribution in [0.4, 0.5) is 16.2 Å². The average molecular weight is 448 g/mol. The third-order valence-electron chi connectivity index (χ3n) is 3.82. The average Bonchev–Trinajstić information content (AvgIpc) is 2.63. The zero-order valence-electron chi connectivity index (χ0n) is 15.9. The van der Waals surface area contributed by atoms with Gasteiger partial charge < -0.3 is 15.0 Å². The smallest absolute Gasteiger partial charge is 0.411 e. The van der Waals surface area contributed by atoms with Gasteiger partial charge in [-0.3, -0.25) is 14.9 Å². The van der Waals surface area contributed by atoms with E-state index in [2.05, 4.69) is 26.6 Å². The van der Waals surface area contributed by atoms with Crippen LogP contribution in [0.5, 0.6) is 0 Å². The Morgan fingerprint density at radius 1 is 1.11 bits per heavy atom. The fraction of sp³-hybridized carbons (Fsp3) is 0.250. The van der Waals surface area contributed by atoms with Crippen LogP contribution in [0.15, 0.2) is 46.9 Å². The maximum absolute atomic E-state index is 12.6. The first-order chi connectivity index (χ1) is 13.3. The maximum Gasteiger partial charge on any atom is 0.411 e. The third-order valence-corrected chi connectivity index (χ3v) is 4.31. The zero-order valence-corrected chi connectivity index (χ0v) is 17.5. The number of aryl methyl sites for hydroxylation is 1. The standard InChI is InChI=1S/C20H22BrN3O4/c1-4-28-20(27)22-16-7-5-6-14(11-16)19(26)24(3)12-18(25)23-17-9-8-15(21)10-13(17)2/h5-11H,4,12H2,1-3H3,(H,22,27)(H,23,25). The van der Waals surface area contributed by atoms with E-state index in [0.29, 0.717) is 16.9 Å². The van der Waals surface area contributed by atoms with Gasteiger partial charge in [-0.25, -0.2) is 4.79 Å². The molecule has 2 aromatic rings. The van der Waals surface area contributed by atoms with Crippen molar-refractivity contribution in [1.82, 2.24) is 4.90 Å². The van der Waals surface area contributed by atoms with E-state index >= 15 is 0 Å². The molecule has 3 amide bonds. The van der Waals surface area contributed by atoms with Crippen LogP contribution < -0.4 is 10.6 Å². The quantitative estimate of drug-likeness (QED) is 0.699. The molecule has 0 radical (unpaired) electrons. The van der Waals surface area contributed by atoms with Gasteiger partial charge in [0.05, 0.1) is 13.2 Å². The fourth-order valence-corrected chi connectivity index (χ4v) is 2.96. The van der Waals surface area contributed by atoms with E-state index in [1.807, 2.05) is 19.1 Å². The van der Waals surface area contributed by atoms with Crippen LogP contribution in [-0.2, 0) is 9.53 Å². The molecule has 2 N–H and O–H groups in total. The Morgan fingerprint density at radius 2 is 1.86 bits per heavy atom. The molecule has 0 aromatic heterocycles. The number of carbonyl (C=O) groups excluding carboxylic acids is 3. The molecular formula is C20H22BrN3O4. The second-order valence-corrected chi connectivity index (χ2v) is 7.01. The molecule has 0 saturated heterocycles. The number of hydrogen-bond donors (Lipinski definition) is 2. The van der Waals surface area contributed by atoms with Gasteiger partial charge in [0.1, 0.15) is 0 Å². The molecule has 28 heavy (non-hydrogen) atoms. The Hall–Kier alpha value is -2.87. The molecule has 0 fully saturated rings. The van der Waals surface area contributed by atoms with E-state index in [9.17, 15) is 14.4 Å². The van der Waals surface area contributed by atoms with Crippen LogP contribution >= 0.6 is 15.9 Å². The number of likely N-dealkylation sites (N-methyl/N-ethyl adjacent to an activating group) is 1. The van der Waals surface area contributed by atoms with Crippen molar-refractivity contribution in [2.75, 3.05) is 30.8 Å². The predicted molar refractivity (Wildman–Crippen MR) is 112 cm³/mol. The molecular weight excluding hydrogens is 426 g/mol. The monoisotopic (exact) mass is 447 g/mol. The van der Waals surface area contributed by atoms with E-state index in [1.165, 1.54) is 11.0 Å². The number of nitrogens with zero attached hydrogens (tertiary/aromatic N) is 1. The molecule has 0 aliphatic rings. The Bertz CT molecular complexity index is 886. The summed E-state index contributed by atoms with van der Waals surface area (Å²) in [6, 6.07) is 12.0. The van der Waals surface area contributed by atoms with Gasteiger partial charge in [0.2, 0.25) is 5.91 Å². The summed E-state index contributed by atoms with van der Waals surface area (Å²) in [4.78, 5) is 37.7. The first-order valence-electron chi connectivity index (χ1n) is 8.65. The van der Waals surface area contributed by atoms with Crippen LogP contribution in [0.3, 0.4) is 0 Å². The number of amides is 3. The number of hydrogen-bond acceptors (Lipinski definition) is 4. The third kappa shape index (κ3) is 6.09. The van der Waals surface area contributed by atoms with Crippen molar-refractivity contribution >= 4 is 45.2 Å². The van der Waals surface area contributed by atoms with Gasteiger partial charge in [0.25, 0.3) is 5.91 Å². The fourth-order valence-electron chi connectivity index (χ4n) is 2.48. The highest BCUT2D eigenvalue weighted by Crippen LogP contribution is 2.20. The Morgan fingerprint density at radius 3 is 2.54 bits per heavy atom. The second kappa shape index (κ2) is 9.89. The normalized spacial score (nSPS) is 10.1. The Balaban J connectivity index is 1.99. The number of halogens is 1. The zero-order chi connectivity index (χ0) is 20.7. The van der Waals surface area contributed by atoms with Crippen molar-refractivity contribution in [3.8, 4) is 0 Å². The second-order valence-electron chi connectivity index (χ2n) is 6.09. The van der Waals surface area contributed by atoms with Gasteiger partial charge in [0.15, 0.2) is 0 Å². The van der Waals surface area contributed by atoms with E-state index < -0.39 is 6.09 Å². The molecule has 2 rings (SSSR count). The first-order valence-corrected chi connectivity index (χ1v) is 9.44. The highest BCUT2D eigenvalue weighted by molar-refractivity contribution is 9.10. The van der Waals surface area contributed by atoms with Crippen molar-refractivity contribution in [1.29, 1.82) is 0 Å². The van der Waals surface area contributed by atoms with E-state index in [1.54, 1.807) is 38.2 Å². The van der Waals surface area contributed by atoms with Crippen molar-refractivity contribution in [2.24, 2.45) is 0 Å². The molecule has 2 aromatic carbocycles. The lowest BCUT2D eigenvalue weighted by molar-refractivity contribution is -0.116. The van der Waals surface area contributed by atoms with Crippen LogP contribution in [0.2, 0.25) is 0 Å². The molecule has 0 unspecified atom stereocenters. The van der Waals surface area contributed by atoms with Crippen LogP contribution in [0.1, 0.15) is 22.8 Å². The lowest BCUT2D eigenvalue weighted by Crippen LogP contribution is -2.35. The van der Waals surface area contributed by atoms with Crippen molar-refractivity contribution in [3.05, 3.63) is 58.1 Å². The molecule has 0 aliphatic heterocycles. The molecule has 7 nitrogen and oxygen atoms in total. The van der Waals surface area contributed by atoms with Gasteiger partial charge >= 0.3 is 6.09 Å². The summed E-state index contributed by atoms with van der Waals surface area (Å²) in [5, 5.41) is 5.35. The summed E-state index contributed by atoms with van der Waals surface area (Å²) < 4.78 is 5.74. The van der Waals surface area contributed by atoms with Crippen LogP contribution in [-0.4, -0.2) is 43.0 Å². The molecule has 0 bridgehead atoms. The highest BCUT2D eigenvalue weighted by atomic mass is 79.9. The summed E-state index contributed by atoms with van der Waals surface area (Å²) in [5.41, 5.74) is 2.39. The SMILES string of the molecule is CCOC(=O)Nc1cccc(C(=O)N(C)CC(=O)Nc2ccc(Br)cc2C)c1. The number of benzene rings is 2. The largest absolute Gasteiger partial charge is 0.450 e. The summed E-state index contributed by atoms with van der Waals surface area (Å²) >= 11 is 3.38. The van der Waals surface area contributed by atoms with Gasteiger partial charge in [-0.2, -0.15) is 0 Å². The van der Waals surface area contributed by atoms with Crippen molar-refractivity contribution in [3.63, 3.8) is 0 Å². The molecule has 0 aliphatic carbocycles. The summed E-state index contributed by atoms with van der Waals surface area (Å²) in [5.74, 6) is -0.641. The first kappa shape index (κ1) is 21.4. The number of anilines is 2. The van der Waals surface area contributed by atoms with Gasteiger partial charge in [-0.15, -0.1) is 0 Å². The minimum atomic E-state index is -0.593. The van der Waals surface area contributed by atoms with Crippen LogP contribution in [0.25, 0.3) is 0 Å². The number of rotatable bonds is 6. The summed E-state index contributed by atoms with van der Waals surface area (Å²) in [6.45, 7) is 3.73. The minimum absolute atomic E-state index is 0.107. The number of carbonyl (C=O) groups is 3. The molecule has 0 heterocycles. The molecule has 8 heteroatoms. The summed E-state index contributed by atoms with van der Waals surface area (Å²) in [6.07, 6.45) is -0.593. The van der Waals surface area contributed by atoms with Gasteiger partial charge in [-0.1, -0.05) is 22.0 Å². The Kier molecular flexibility index (Phi) is 7.57. The lowest BCUT2D eigenvalue weighted by Gasteiger charge is -2.18. The highest BCUT2D eigenvalue weighted by Gasteiger charge is 2.16. The van der Waals surface area contributed by atoms with E-state index in [-0.39, 0.29) is 25.0 Å². The number of ether oxygens (including phenoxy) is 1. The minimum Gasteiger partial charge on any atom is -0.450 e. The van der Waals surface area contributed by atoms with Gasteiger partial charge in [-0.05, 0) is 55.8 Å². The Labute approximate surface area is 172 Å². The van der Waals surface area contributed by atoms with E-state index in [0.717, 1.165) is 10.0 Å². The van der Waals surface area contributed by atoms with Crippen molar-refractivity contribution < 1.29 is 19.1 Å². The van der Waals surface area contributed by atoms with Crippen molar-refractivity contribution in [2.45, 2.75) is 13.8 Å². The van der Waals surface area contributed by atoms with Gasteiger partial charge in [0, 0.05) is 28.5 Å². The lowest BCUT2D eigenvalue weighted by atomic mass is 10.1. The summed E-state index contributed by atoms with van der Waals surface area (Å²) in [7, 11) is 1.54. The molecule has 148 valence electrons.